The Labute approximate surface area is 68.0 Å². The summed E-state index contributed by atoms with van der Waals surface area (Å²) in [5.74, 6) is 0.0992. The molecule has 1 aliphatic rings. The highest BCUT2D eigenvalue weighted by Gasteiger charge is 2.46. The van der Waals surface area contributed by atoms with Gasteiger partial charge in [0.05, 0.1) is 0 Å². The fourth-order valence-electron chi connectivity index (χ4n) is 0.631. The van der Waals surface area contributed by atoms with E-state index in [2.05, 4.69) is 0 Å². The van der Waals surface area contributed by atoms with Gasteiger partial charge in [0.25, 0.3) is 0 Å². The summed E-state index contributed by atoms with van der Waals surface area (Å²) in [6.45, 7) is -0.0954. The molecule has 0 amide bonds. The second-order valence-corrected chi connectivity index (χ2v) is 4.50. The minimum atomic E-state index is -5.18. The van der Waals surface area contributed by atoms with Gasteiger partial charge in [0.15, 0.2) is 0 Å². The molecular weight excluding hydrogens is 195 g/mol. The zero-order valence-corrected chi connectivity index (χ0v) is 6.87. The van der Waals surface area contributed by atoms with Crippen molar-refractivity contribution in [2.45, 2.75) is 18.3 Å². The monoisotopic (exact) mass is 203 g/mol. The molecule has 1 saturated carbocycles. The van der Waals surface area contributed by atoms with Crippen LogP contribution in [0.2, 0.25) is 0 Å². The van der Waals surface area contributed by atoms with E-state index in [1.54, 1.807) is 0 Å². The van der Waals surface area contributed by atoms with Crippen LogP contribution in [0.15, 0.2) is 0 Å². The van der Waals surface area contributed by atoms with Crippen LogP contribution < -0.4 is 4.72 Å². The zero-order chi connectivity index (χ0) is 9.41. The molecule has 12 heavy (non-hydrogen) atoms. The van der Waals surface area contributed by atoms with Crippen molar-refractivity contribution in [1.29, 1.82) is 0 Å². The average molecular weight is 203 g/mol. The molecule has 0 radical (unpaired) electrons. The summed E-state index contributed by atoms with van der Waals surface area (Å²) in [7, 11) is -5.10. The van der Waals surface area contributed by atoms with Crippen LogP contribution in [0.5, 0.6) is 0 Å². The topological polar surface area (TPSA) is 46.2 Å². The molecule has 0 aromatic heterocycles. The number of hydrogen-bond donors (Lipinski definition) is 1. The molecule has 0 aromatic carbocycles. The Bertz CT molecular complexity index is 254. The second kappa shape index (κ2) is 2.88. The van der Waals surface area contributed by atoms with E-state index < -0.39 is 15.5 Å². The van der Waals surface area contributed by atoms with Crippen molar-refractivity contribution in [3.63, 3.8) is 0 Å². The Morgan fingerprint density at radius 2 is 1.83 bits per heavy atom. The summed E-state index contributed by atoms with van der Waals surface area (Å²) in [6.07, 6.45) is 1.61. The van der Waals surface area contributed by atoms with E-state index in [0.29, 0.717) is 0 Å². The van der Waals surface area contributed by atoms with Gasteiger partial charge in [-0.25, -0.2) is 13.1 Å². The molecule has 3 nitrogen and oxygen atoms in total. The molecule has 1 fully saturated rings. The van der Waals surface area contributed by atoms with Crippen LogP contribution in [0, 0.1) is 5.92 Å². The van der Waals surface area contributed by atoms with Crippen molar-refractivity contribution in [3.05, 3.63) is 0 Å². The Balaban J connectivity index is 2.47. The average Bonchev–Trinajstić information content (AvgIpc) is 2.62. The van der Waals surface area contributed by atoms with Gasteiger partial charge in [0, 0.05) is 6.54 Å². The van der Waals surface area contributed by atoms with Crippen molar-refractivity contribution in [3.8, 4) is 0 Å². The number of nitrogens with one attached hydrogen (secondary N) is 1. The van der Waals surface area contributed by atoms with Crippen LogP contribution in [-0.2, 0) is 10.0 Å². The first-order valence-electron chi connectivity index (χ1n) is 3.39. The zero-order valence-electron chi connectivity index (χ0n) is 6.06. The largest absolute Gasteiger partial charge is 0.511 e. The lowest BCUT2D eigenvalue weighted by Crippen LogP contribution is -2.37. The van der Waals surface area contributed by atoms with Gasteiger partial charge < -0.3 is 0 Å². The normalized spacial score (nSPS) is 19.6. The predicted octanol–water partition coefficient (Wildman–Crippen LogP) is 0.836. The van der Waals surface area contributed by atoms with Crippen molar-refractivity contribution in [1.82, 2.24) is 4.72 Å². The van der Waals surface area contributed by atoms with Crippen LogP contribution in [-0.4, -0.2) is 20.5 Å². The Morgan fingerprint density at radius 3 is 2.17 bits per heavy atom. The van der Waals surface area contributed by atoms with E-state index >= 15 is 0 Å². The maximum absolute atomic E-state index is 11.7. The standard InChI is InChI=1S/C5H8F3NO2S/c6-5(7,8)12(10,11)9-3-4-1-2-4/h4,9H,1-3H2. The van der Waals surface area contributed by atoms with Gasteiger partial charge in [-0.05, 0) is 18.8 Å². The minimum Gasteiger partial charge on any atom is -0.207 e. The van der Waals surface area contributed by atoms with E-state index in [1.807, 2.05) is 0 Å². The number of sulfonamides is 1. The van der Waals surface area contributed by atoms with Gasteiger partial charge in [-0.15, -0.1) is 0 Å². The Kier molecular flexibility index (Phi) is 2.35. The molecule has 0 unspecified atom stereocenters. The maximum atomic E-state index is 11.7. The molecule has 0 aromatic rings. The van der Waals surface area contributed by atoms with Crippen LogP contribution in [0.4, 0.5) is 13.2 Å². The smallest absolute Gasteiger partial charge is 0.207 e. The summed E-state index contributed by atoms with van der Waals surface area (Å²) >= 11 is 0. The predicted molar refractivity (Wildman–Crippen MR) is 35.7 cm³/mol. The number of rotatable bonds is 3. The highest BCUT2D eigenvalue weighted by molar-refractivity contribution is 7.90. The molecule has 0 bridgehead atoms. The fourth-order valence-corrected chi connectivity index (χ4v) is 1.25. The van der Waals surface area contributed by atoms with Crippen molar-refractivity contribution >= 4 is 10.0 Å². The lowest BCUT2D eigenvalue weighted by Gasteiger charge is -2.07. The summed E-state index contributed by atoms with van der Waals surface area (Å²) in [5.41, 5.74) is -5.18. The van der Waals surface area contributed by atoms with E-state index in [1.165, 1.54) is 4.72 Å². The Hall–Kier alpha value is -0.300. The number of halogens is 3. The van der Waals surface area contributed by atoms with Gasteiger partial charge in [-0.2, -0.15) is 13.2 Å². The first-order chi connectivity index (χ1) is 5.33. The van der Waals surface area contributed by atoms with Crippen molar-refractivity contribution in [2.75, 3.05) is 6.54 Å². The van der Waals surface area contributed by atoms with E-state index in [4.69, 9.17) is 0 Å². The number of alkyl halides is 3. The first kappa shape index (κ1) is 9.79. The molecular formula is C5H8F3NO2S. The molecule has 0 saturated heterocycles. The van der Waals surface area contributed by atoms with Crippen LogP contribution in [0.3, 0.4) is 0 Å². The fraction of sp³-hybridized carbons (Fsp3) is 1.00. The maximum Gasteiger partial charge on any atom is 0.511 e. The van der Waals surface area contributed by atoms with Gasteiger partial charge >= 0.3 is 15.5 Å². The Morgan fingerprint density at radius 1 is 1.33 bits per heavy atom. The molecule has 1 N–H and O–H groups in total. The SMILES string of the molecule is O=S(=O)(NCC1CC1)C(F)(F)F. The number of hydrogen-bond acceptors (Lipinski definition) is 2. The van der Waals surface area contributed by atoms with Gasteiger partial charge in [0.1, 0.15) is 0 Å². The van der Waals surface area contributed by atoms with Crippen LogP contribution in [0.1, 0.15) is 12.8 Å². The second-order valence-electron chi connectivity index (χ2n) is 2.74. The van der Waals surface area contributed by atoms with E-state index in [-0.39, 0.29) is 12.5 Å². The third-order valence-corrected chi connectivity index (χ3v) is 2.72. The molecule has 0 spiro atoms. The molecule has 0 aliphatic heterocycles. The van der Waals surface area contributed by atoms with Gasteiger partial charge in [-0.1, -0.05) is 0 Å². The first-order valence-corrected chi connectivity index (χ1v) is 4.87. The molecule has 72 valence electrons. The third-order valence-electron chi connectivity index (χ3n) is 1.56. The van der Waals surface area contributed by atoms with Crippen LogP contribution in [0.25, 0.3) is 0 Å². The van der Waals surface area contributed by atoms with Crippen molar-refractivity contribution in [2.24, 2.45) is 5.92 Å². The third kappa shape index (κ3) is 2.34. The summed E-state index contributed by atoms with van der Waals surface area (Å²) in [6, 6.07) is 0. The van der Waals surface area contributed by atoms with Gasteiger partial charge in [-0.3, -0.25) is 0 Å². The minimum absolute atomic E-state index is 0.0954. The van der Waals surface area contributed by atoms with E-state index in [0.717, 1.165) is 12.8 Å². The summed E-state index contributed by atoms with van der Waals surface area (Å²) in [5, 5.41) is 0. The highest BCUT2D eigenvalue weighted by Crippen LogP contribution is 2.29. The lowest BCUT2D eigenvalue weighted by atomic mass is 10.4. The molecule has 0 atom stereocenters. The molecule has 1 rings (SSSR count). The van der Waals surface area contributed by atoms with Crippen molar-refractivity contribution < 1.29 is 21.6 Å². The molecule has 1 aliphatic carbocycles. The molecule has 7 heteroatoms. The van der Waals surface area contributed by atoms with Crippen LogP contribution >= 0.6 is 0 Å². The highest BCUT2D eigenvalue weighted by atomic mass is 32.2. The molecule has 0 heterocycles. The summed E-state index contributed by atoms with van der Waals surface area (Å²) < 4.78 is 57.2. The summed E-state index contributed by atoms with van der Waals surface area (Å²) in [4.78, 5) is 0. The lowest BCUT2D eigenvalue weighted by molar-refractivity contribution is -0.0447. The quantitative estimate of drug-likeness (QED) is 0.738. The van der Waals surface area contributed by atoms with E-state index in [9.17, 15) is 21.6 Å². The van der Waals surface area contributed by atoms with Gasteiger partial charge in [0.2, 0.25) is 0 Å².